The lowest BCUT2D eigenvalue weighted by molar-refractivity contribution is 0.207. The Bertz CT molecular complexity index is 919. The van der Waals surface area contributed by atoms with Crippen molar-refractivity contribution in [3.63, 3.8) is 0 Å². The van der Waals surface area contributed by atoms with Gasteiger partial charge in [-0.1, -0.05) is 43.6 Å². The Morgan fingerprint density at radius 3 is 2.38 bits per heavy atom. The van der Waals surface area contributed by atoms with Gasteiger partial charge in [0.25, 0.3) is 0 Å². The topological polar surface area (TPSA) is 79.0 Å². The van der Waals surface area contributed by atoms with Gasteiger partial charge in [0.1, 0.15) is 12.4 Å². The molecule has 0 heterocycles. The molecule has 158 valence electrons. The van der Waals surface area contributed by atoms with Crippen LogP contribution in [-0.4, -0.2) is 56.9 Å². The zero-order chi connectivity index (χ0) is 21.4. The second kappa shape index (κ2) is 10.5. The monoisotopic (exact) mass is 439 g/mol. The average Bonchev–Trinajstić information content (AvgIpc) is 2.70. The molecule has 0 aromatic heterocycles. The fourth-order valence-electron chi connectivity index (χ4n) is 2.60. The summed E-state index contributed by atoms with van der Waals surface area (Å²) in [5, 5.41) is 2.92. The van der Waals surface area contributed by atoms with Crippen molar-refractivity contribution in [1.29, 1.82) is 0 Å². The van der Waals surface area contributed by atoms with Crippen molar-refractivity contribution in [3.05, 3.63) is 53.6 Å². The molecule has 9 heteroatoms. The molecule has 0 aliphatic rings. The van der Waals surface area contributed by atoms with E-state index >= 15 is 0 Å². The smallest absolute Gasteiger partial charge is 0.321 e. The number of likely N-dealkylation sites (N-methyl/N-ethyl adjacent to an activating group) is 1. The van der Waals surface area contributed by atoms with Crippen LogP contribution in [0.3, 0.4) is 0 Å². The molecule has 0 saturated carbocycles. The first kappa shape index (κ1) is 23.0. The lowest BCUT2D eigenvalue weighted by Gasteiger charge is -2.21. The van der Waals surface area contributed by atoms with E-state index < -0.39 is 16.1 Å². The van der Waals surface area contributed by atoms with Crippen LogP contribution in [0.5, 0.6) is 5.75 Å². The Morgan fingerprint density at radius 2 is 1.76 bits per heavy atom. The second-order valence-electron chi connectivity index (χ2n) is 6.24. The van der Waals surface area contributed by atoms with E-state index in [0.717, 1.165) is 5.75 Å². The molecule has 0 unspecified atom stereocenters. The maximum atomic E-state index is 12.7. The fraction of sp³-hybridized carbons (Fsp3) is 0.350. The van der Waals surface area contributed by atoms with Gasteiger partial charge in [-0.15, -0.1) is 0 Å². The van der Waals surface area contributed by atoms with Gasteiger partial charge in [0, 0.05) is 20.1 Å². The number of amides is 2. The van der Waals surface area contributed by atoms with E-state index in [1.165, 1.54) is 27.4 Å². The van der Waals surface area contributed by atoms with Gasteiger partial charge in [0.2, 0.25) is 10.0 Å². The number of anilines is 1. The van der Waals surface area contributed by atoms with Gasteiger partial charge in [-0.05, 0) is 30.3 Å². The molecule has 2 aromatic rings. The van der Waals surface area contributed by atoms with Crippen molar-refractivity contribution in [2.75, 3.05) is 38.6 Å². The number of nitrogens with one attached hydrogen (secondary N) is 1. The summed E-state index contributed by atoms with van der Waals surface area (Å²) < 4.78 is 32.3. The van der Waals surface area contributed by atoms with Crippen molar-refractivity contribution in [1.82, 2.24) is 9.21 Å². The normalized spacial score (nSPS) is 11.3. The minimum Gasteiger partial charge on any atom is -0.492 e. The Balaban J connectivity index is 2.03. The zero-order valence-corrected chi connectivity index (χ0v) is 18.3. The van der Waals surface area contributed by atoms with Crippen LogP contribution in [0.25, 0.3) is 0 Å². The van der Waals surface area contributed by atoms with Crippen LogP contribution in [0.4, 0.5) is 10.5 Å². The molecule has 0 aliphatic heterocycles. The van der Waals surface area contributed by atoms with Gasteiger partial charge in [0.15, 0.2) is 0 Å². The molecule has 0 spiro atoms. The summed E-state index contributed by atoms with van der Waals surface area (Å²) in [6.07, 6.45) is 0. The summed E-state index contributed by atoms with van der Waals surface area (Å²) in [6.45, 7) is 4.91. The van der Waals surface area contributed by atoms with Gasteiger partial charge in [-0.25, -0.2) is 13.2 Å². The molecule has 1 N–H and O–H groups in total. The lowest BCUT2D eigenvalue weighted by atomic mass is 10.3. The minimum absolute atomic E-state index is 0.0796. The first-order valence-corrected chi connectivity index (χ1v) is 11.1. The van der Waals surface area contributed by atoms with E-state index in [0.29, 0.717) is 26.2 Å². The van der Waals surface area contributed by atoms with Crippen LogP contribution in [-0.2, 0) is 10.0 Å². The van der Waals surface area contributed by atoms with Crippen LogP contribution in [0, 0.1) is 0 Å². The zero-order valence-electron chi connectivity index (χ0n) is 16.8. The molecular formula is C20H26ClN3O4S. The maximum absolute atomic E-state index is 12.7. The molecule has 2 amide bonds. The highest BCUT2D eigenvalue weighted by atomic mass is 35.5. The number of rotatable bonds is 9. The standard InChI is InChI=1S/C20H26ClN3O4S/c1-4-24(5-2)29(26,27)17-11-12-18(21)19(15-17)22-20(25)23(3)13-14-28-16-9-7-6-8-10-16/h6-12,15H,4-5,13-14H2,1-3H3,(H,22,25). The first-order valence-electron chi connectivity index (χ1n) is 9.29. The lowest BCUT2D eigenvalue weighted by Crippen LogP contribution is -2.34. The molecule has 0 saturated heterocycles. The summed E-state index contributed by atoms with van der Waals surface area (Å²) in [5.41, 5.74) is 0.237. The number of hydrogen-bond acceptors (Lipinski definition) is 4. The van der Waals surface area contributed by atoms with Crippen LogP contribution >= 0.6 is 11.6 Å². The summed E-state index contributed by atoms with van der Waals surface area (Å²) in [5.74, 6) is 0.721. The average molecular weight is 440 g/mol. The number of para-hydroxylation sites is 1. The highest BCUT2D eigenvalue weighted by Crippen LogP contribution is 2.27. The molecule has 0 fully saturated rings. The predicted molar refractivity (Wildman–Crippen MR) is 115 cm³/mol. The van der Waals surface area contributed by atoms with Gasteiger partial charge in [-0.2, -0.15) is 4.31 Å². The molecule has 29 heavy (non-hydrogen) atoms. The third-order valence-electron chi connectivity index (χ3n) is 4.31. The quantitative estimate of drug-likeness (QED) is 0.642. The van der Waals surface area contributed by atoms with E-state index in [9.17, 15) is 13.2 Å². The number of nitrogens with zero attached hydrogens (tertiary/aromatic N) is 2. The van der Waals surface area contributed by atoms with E-state index in [1.54, 1.807) is 20.9 Å². The molecule has 7 nitrogen and oxygen atoms in total. The molecule has 0 atom stereocenters. The fourth-order valence-corrected chi connectivity index (χ4v) is 4.25. The molecule has 2 aromatic carbocycles. The highest BCUT2D eigenvalue weighted by Gasteiger charge is 2.23. The van der Waals surface area contributed by atoms with E-state index in [4.69, 9.17) is 16.3 Å². The van der Waals surface area contributed by atoms with Crippen LogP contribution in [0.2, 0.25) is 5.02 Å². The Labute approximate surface area is 177 Å². The predicted octanol–water partition coefficient (Wildman–Crippen LogP) is 3.91. The Hall–Kier alpha value is -2.29. The van der Waals surface area contributed by atoms with Crippen LogP contribution in [0.1, 0.15) is 13.8 Å². The maximum Gasteiger partial charge on any atom is 0.321 e. The Morgan fingerprint density at radius 1 is 1.10 bits per heavy atom. The van der Waals surface area contributed by atoms with Crippen molar-refractivity contribution >= 4 is 33.3 Å². The summed E-state index contributed by atoms with van der Waals surface area (Å²) >= 11 is 6.16. The van der Waals surface area contributed by atoms with Gasteiger partial charge in [-0.3, -0.25) is 0 Å². The number of urea groups is 1. The minimum atomic E-state index is -3.65. The van der Waals surface area contributed by atoms with Crippen molar-refractivity contribution in [2.45, 2.75) is 18.7 Å². The van der Waals surface area contributed by atoms with E-state index in [1.807, 2.05) is 30.3 Å². The molecular weight excluding hydrogens is 414 g/mol. The number of benzene rings is 2. The number of halogens is 1. The summed E-state index contributed by atoms with van der Waals surface area (Å²) in [6, 6.07) is 13.2. The van der Waals surface area contributed by atoms with E-state index in [2.05, 4.69) is 5.32 Å². The van der Waals surface area contributed by atoms with Gasteiger partial charge >= 0.3 is 6.03 Å². The number of carbonyl (C=O) groups excluding carboxylic acids is 1. The number of sulfonamides is 1. The summed E-state index contributed by atoms with van der Waals surface area (Å²) in [7, 11) is -2.03. The largest absolute Gasteiger partial charge is 0.492 e. The molecule has 0 aliphatic carbocycles. The van der Waals surface area contributed by atoms with Crippen molar-refractivity contribution in [3.8, 4) is 5.75 Å². The highest BCUT2D eigenvalue weighted by molar-refractivity contribution is 7.89. The van der Waals surface area contributed by atoms with Crippen LogP contribution < -0.4 is 10.1 Å². The molecule has 0 bridgehead atoms. The SMILES string of the molecule is CCN(CC)S(=O)(=O)c1ccc(Cl)c(NC(=O)N(C)CCOc2ccccc2)c1. The van der Waals surface area contributed by atoms with Gasteiger partial charge in [0.05, 0.1) is 22.2 Å². The number of hydrogen-bond donors (Lipinski definition) is 1. The number of carbonyl (C=O) groups is 1. The van der Waals surface area contributed by atoms with E-state index in [-0.39, 0.29) is 15.6 Å². The second-order valence-corrected chi connectivity index (χ2v) is 8.59. The molecule has 2 rings (SSSR count). The third-order valence-corrected chi connectivity index (χ3v) is 6.68. The first-order chi connectivity index (χ1) is 13.8. The van der Waals surface area contributed by atoms with Crippen molar-refractivity contribution < 1.29 is 17.9 Å². The summed E-state index contributed by atoms with van der Waals surface area (Å²) in [4.78, 5) is 14.0. The Kier molecular flexibility index (Phi) is 8.31. The van der Waals surface area contributed by atoms with Crippen LogP contribution in [0.15, 0.2) is 53.4 Å². The molecule has 0 radical (unpaired) electrons. The number of ether oxygens (including phenoxy) is 1. The van der Waals surface area contributed by atoms with Gasteiger partial charge < -0.3 is 15.0 Å². The van der Waals surface area contributed by atoms with Crippen molar-refractivity contribution in [2.24, 2.45) is 0 Å². The third kappa shape index (κ3) is 6.09.